The van der Waals surface area contributed by atoms with Crippen LogP contribution in [-0.2, 0) is 0 Å². The van der Waals surface area contributed by atoms with E-state index in [9.17, 15) is 0 Å². The highest BCUT2D eigenvalue weighted by atomic mass is 16.3. The van der Waals surface area contributed by atoms with Crippen molar-refractivity contribution in [1.29, 1.82) is 0 Å². The average Bonchev–Trinajstić information content (AvgIpc) is 3.85. The third kappa shape index (κ3) is 5.65. The molecule has 0 bridgehead atoms. The molecule has 256 valence electrons. The SMILES string of the molecule is c1ccc(-c2nc3c(-c4ccc(N(c5ccccc5)c5ccc6oc7ccccc7c6c5)cc4)cc(N(c4ccccc4)c4ccccc4)cc3o2)cc1. The van der Waals surface area contributed by atoms with Gasteiger partial charge < -0.3 is 18.6 Å². The van der Waals surface area contributed by atoms with Gasteiger partial charge in [0.15, 0.2) is 5.58 Å². The summed E-state index contributed by atoms with van der Waals surface area (Å²) in [6.07, 6.45) is 0. The Balaban J connectivity index is 1.13. The fourth-order valence-corrected chi connectivity index (χ4v) is 7.34. The molecule has 0 saturated heterocycles. The van der Waals surface area contributed by atoms with Crippen molar-refractivity contribution in [3.05, 3.63) is 200 Å². The van der Waals surface area contributed by atoms with E-state index in [2.05, 4.69) is 149 Å². The van der Waals surface area contributed by atoms with Gasteiger partial charge in [0.05, 0.1) is 5.69 Å². The van der Waals surface area contributed by atoms with Crippen molar-refractivity contribution in [2.24, 2.45) is 0 Å². The lowest BCUT2D eigenvalue weighted by molar-refractivity contribution is 0.620. The number of para-hydroxylation sites is 4. The third-order valence-electron chi connectivity index (χ3n) is 9.86. The van der Waals surface area contributed by atoms with Crippen molar-refractivity contribution < 1.29 is 8.83 Å². The van der Waals surface area contributed by atoms with Crippen LogP contribution in [0.2, 0.25) is 0 Å². The van der Waals surface area contributed by atoms with E-state index in [0.29, 0.717) is 11.5 Å². The third-order valence-corrected chi connectivity index (χ3v) is 9.86. The van der Waals surface area contributed by atoms with E-state index in [-0.39, 0.29) is 0 Å². The Hall–Kier alpha value is -7.37. The molecule has 0 fully saturated rings. The molecule has 2 aromatic heterocycles. The van der Waals surface area contributed by atoms with Gasteiger partial charge in [0.1, 0.15) is 16.7 Å². The van der Waals surface area contributed by atoms with E-state index < -0.39 is 0 Å². The maximum Gasteiger partial charge on any atom is 0.227 e. The fourth-order valence-electron chi connectivity index (χ4n) is 7.34. The quantitative estimate of drug-likeness (QED) is 0.158. The zero-order valence-electron chi connectivity index (χ0n) is 29.2. The molecule has 0 radical (unpaired) electrons. The largest absolute Gasteiger partial charge is 0.456 e. The molecular formula is C49H33N3O2. The molecule has 10 rings (SSSR count). The predicted molar refractivity (Wildman–Crippen MR) is 222 cm³/mol. The number of hydrogen-bond donors (Lipinski definition) is 0. The molecule has 0 unspecified atom stereocenters. The fraction of sp³-hybridized carbons (Fsp3) is 0. The summed E-state index contributed by atoms with van der Waals surface area (Å²) in [5.74, 6) is 0.587. The summed E-state index contributed by atoms with van der Waals surface area (Å²) in [5, 5.41) is 2.19. The number of hydrogen-bond acceptors (Lipinski definition) is 5. The molecule has 5 nitrogen and oxygen atoms in total. The van der Waals surface area contributed by atoms with Crippen LogP contribution in [0.1, 0.15) is 0 Å². The van der Waals surface area contributed by atoms with E-state index in [0.717, 1.165) is 78.3 Å². The van der Waals surface area contributed by atoms with Gasteiger partial charge in [-0.3, -0.25) is 0 Å². The van der Waals surface area contributed by atoms with Gasteiger partial charge in [-0.15, -0.1) is 0 Å². The number of benzene rings is 8. The molecule has 0 atom stereocenters. The first-order valence-electron chi connectivity index (χ1n) is 18.0. The van der Waals surface area contributed by atoms with Crippen LogP contribution in [0.5, 0.6) is 0 Å². The monoisotopic (exact) mass is 695 g/mol. The number of aromatic nitrogens is 1. The Kier molecular flexibility index (Phi) is 7.73. The van der Waals surface area contributed by atoms with E-state index in [1.807, 2.05) is 60.7 Å². The number of oxazole rings is 1. The minimum atomic E-state index is 0.587. The Morgan fingerprint density at radius 1 is 0.333 bits per heavy atom. The van der Waals surface area contributed by atoms with E-state index in [1.165, 1.54) is 0 Å². The molecule has 0 aliphatic heterocycles. The molecule has 5 heteroatoms. The molecule has 10 aromatic rings. The normalized spacial score (nSPS) is 11.3. The van der Waals surface area contributed by atoms with Crippen LogP contribution in [-0.4, -0.2) is 4.98 Å². The lowest BCUT2D eigenvalue weighted by Crippen LogP contribution is -2.10. The summed E-state index contributed by atoms with van der Waals surface area (Å²) in [6, 6.07) is 69.1. The van der Waals surface area contributed by atoms with Crippen LogP contribution in [0.4, 0.5) is 34.1 Å². The van der Waals surface area contributed by atoms with Crippen LogP contribution in [0.25, 0.3) is 55.6 Å². The van der Waals surface area contributed by atoms with Crippen molar-refractivity contribution in [3.63, 3.8) is 0 Å². The van der Waals surface area contributed by atoms with E-state index >= 15 is 0 Å². The second-order valence-corrected chi connectivity index (χ2v) is 13.2. The number of fused-ring (bicyclic) bond motifs is 4. The minimum absolute atomic E-state index is 0.587. The molecule has 0 spiro atoms. The van der Waals surface area contributed by atoms with Crippen LogP contribution >= 0.6 is 0 Å². The molecule has 0 aliphatic rings. The first-order valence-corrected chi connectivity index (χ1v) is 18.0. The number of anilines is 6. The van der Waals surface area contributed by atoms with Crippen LogP contribution < -0.4 is 9.80 Å². The predicted octanol–water partition coefficient (Wildman–Crippen LogP) is 14.0. The van der Waals surface area contributed by atoms with Gasteiger partial charge in [-0.1, -0.05) is 103 Å². The van der Waals surface area contributed by atoms with Gasteiger partial charge in [0.25, 0.3) is 0 Å². The number of nitrogens with zero attached hydrogens (tertiary/aromatic N) is 3. The molecule has 0 amide bonds. The molecule has 54 heavy (non-hydrogen) atoms. The smallest absolute Gasteiger partial charge is 0.227 e. The van der Waals surface area contributed by atoms with Crippen LogP contribution in [0.15, 0.2) is 209 Å². The molecule has 8 aromatic carbocycles. The van der Waals surface area contributed by atoms with Crippen molar-refractivity contribution in [3.8, 4) is 22.6 Å². The summed E-state index contributed by atoms with van der Waals surface area (Å²) >= 11 is 0. The highest BCUT2D eigenvalue weighted by molar-refractivity contribution is 6.06. The Morgan fingerprint density at radius 3 is 1.50 bits per heavy atom. The maximum absolute atomic E-state index is 6.56. The van der Waals surface area contributed by atoms with Gasteiger partial charge in [-0.2, -0.15) is 0 Å². The Labute approximate surface area is 312 Å². The summed E-state index contributed by atoms with van der Waals surface area (Å²) in [6.45, 7) is 0. The van der Waals surface area contributed by atoms with Crippen molar-refractivity contribution in [1.82, 2.24) is 4.98 Å². The van der Waals surface area contributed by atoms with Gasteiger partial charge in [0.2, 0.25) is 5.89 Å². The van der Waals surface area contributed by atoms with Crippen LogP contribution in [0, 0.1) is 0 Å². The Bertz CT molecular complexity index is 2830. The van der Waals surface area contributed by atoms with Crippen molar-refractivity contribution >= 4 is 67.2 Å². The minimum Gasteiger partial charge on any atom is -0.456 e. The molecule has 0 N–H and O–H groups in total. The zero-order valence-corrected chi connectivity index (χ0v) is 29.2. The first kappa shape index (κ1) is 31.4. The van der Waals surface area contributed by atoms with Gasteiger partial charge in [-0.05, 0) is 96.6 Å². The van der Waals surface area contributed by atoms with E-state index in [1.54, 1.807) is 0 Å². The van der Waals surface area contributed by atoms with Gasteiger partial charge in [0, 0.05) is 56.4 Å². The zero-order chi connectivity index (χ0) is 35.8. The second-order valence-electron chi connectivity index (χ2n) is 13.2. The van der Waals surface area contributed by atoms with Gasteiger partial charge >= 0.3 is 0 Å². The van der Waals surface area contributed by atoms with Crippen LogP contribution in [0.3, 0.4) is 0 Å². The molecule has 0 aliphatic carbocycles. The first-order chi connectivity index (χ1) is 26.8. The van der Waals surface area contributed by atoms with E-state index in [4.69, 9.17) is 13.8 Å². The molecular weight excluding hydrogens is 663 g/mol. The highest BCUT2D eigenvalue weighted by Crippen LogP contribution is 2.43. The second kappa shape index (κ2) is 13.3. The summed E-state index contributed by atoms with van der Waals surface area (Å²) in [5.41, 5.74) is 12.4. The standard InChI is InChI=1S/C49H33N3O2/c1-5-15-35(16-6-1)49-50-48-43(32-41(33-47(48)54-49)52(37-19-9-3-10-20-37)38-21-11-4-12-22-38)34-25-27-39(28-26-34)51(36-17-7-2-8-18-36)40-29-30-46-44(31-40)42-23-13-14-24-45(42)53-46/h1-33H. The summed E-state index contributed by atoms with van der Waals surface area (Å²) in [4.78, 5) is 9.65. The van der Waals surface area contributed by atoms with Crippen molar-refractivity contribution in [2.45, 2.75) is 0 Å². The lowest BCUT2D eigenvalue weighted by Gasteiger charge is -2.26. The summed E-state index contributed by atoms with van der Waals surface area (Å²) in [7, 11) is 0. The molecule has 2 heterocycles. The van der Waals surface area contributed by atoms with Gasteiger partial charge in [-0.25, -0.2) is 4.98 Å². The Morgan fingerprint density at radius 2 is 0.852 bits per heavy atom. The van der Waals surface area contributed by atoms with Crippen molar-refractivity contribution in [2.75, 3.05) is 9.80 Å². The average molecular weight is 696 g/mol. The summed E-state index contributed by atoms with van der Waals surface area (Å²) < 4.78 is 12.7. The molecule has 0 saturated carbocycles. The number of rotatable bonds is 8. The highest BCUT2D eigenvalue weighted by Gasteiger charge is 2.21. The maximum atomic E-state index is 6.56. The number of furan rings is 1. The topological polar surface area (TPSA) is 45.7 Å². The lowest BCUT2D eigenvalue weighted by atomic mass is 10.0.